The van der Waals surface area contributed by atoms with Gasteiger partial charge in [0.05, 0.1) is 0 Å². The zero-order valence-corrected chi connectivity index (χ0v) is 15.3. The number of hydrogen-bond donors (Lipinski definition) is 2. The van der Waals surface area contributed by atoms with Gasteiger partial charge in [-0.1, -0.05) is 35.9 Å². The molecule has 3 N–H and O–H groups in total. The lowest BCUT2D eigenvalue weighted by molar-refractivity contribution is -0.121. The normalized spacial score (nSPS) is 12.6. The fourth-order valence-electron chi connectivity index (χ4n) is 2.63. The van der Waals surface area contributed by atoms with Gasteiger partial charge in [0, 0.05) is 23.8 Å². The zero-order valence-electron chi connectivity index (χ0n) is 14.6. The minimum atomic E-state index is -0.764. The predicted molar refractivity (Wildman–Crippen MR) is 102 cm³/mol. The van der Waals surface area contributed by atoms with Crippen molar-refractivity contribution in [2.45, 2.75) is 19.3 Å². The Bertz CT molecular complexity index is 820. The van der Waals surface area contributed by atoms with Crippen LogP contribution in [0.25, 0.3) is 0 Å². The Labute approximate surface area is 161 Å². The maximum absolute atomic E-state index is 13.0. The van der Waals surface area contributed by atoms with Crippen molar-refractivity contribution in [3.8, 4) is 0 Å². The van der Waals surface area contributed by atoms with Crippen molar-refractivity contribution in [2.24, 2.45) is 16.6 Å². The SMILES string of the molecule is NC(=NC(=O)CO)[C@@H](CC(=O)Cc1ccc(F)cc1)Cc1ccc(Cl)cc1. The van der Waals surface area contributed by atoms with E-state index in [2.05, 4.69) is 4.99 Å². The van der Waals surface area contributed by atoms with Crippen LogP contribution in [-0.2, 0) is 22.4 Å². The molecule has 142 valence electrons. The van der Waals surface area contributed by atoms with Crippen LogP contribution in [0.2, 0.25) is 5.02 Å². The number of halogens is 2. The fraction of sp³-hybridized carbons (Fsp3) is 0.250. The highest BCUT2D eigenvalue weighted by atomic mass is 35.5. The third kappa shape index (κ3) is 6.92. The van der Waals surface area contributed by atoms with Crippen LogP contribution in [-0.4, -0.2) is 29.2 Å². The van der Waals surface area contributed by atoms with Gasteiger partial charge >= 0.3 is 0 Å². The minimum Gasteiger partial charge on any atom is -0.387 e. The minimum absolute atomic E-state index is 0.00328. The molecule has 27 heavy (non-hydrogen) atoms. The maximum atomic E-state index is 13.0. The van der Waals surface area contributed by atoms with Crippen LogP contribution in [0.3, 0.4) is 0 Å². The van der Waals surface area contributed by atoms with Crippen molar-refractivity contribution >= 4 is 29.1 Å². The maximum Gasteiger partial charge on any atom is 0.273 e. The highest BCUT2D eigenvalue weighted by Crippen LogP contribution is 2.18. The number of Topliss-reactive ketones (excluding diaryl/α,β-unsaturated/α-hetero) is 1. The van der Waals surface area contributed by atoms with E-state index >= 15 is 0 Å². The number of aliphatic imine (C=N–C) groups is 1. The summed E-state index contributed by atoms with van der Waals surface area (Å²) in [4.78, 5) is 27.5. The Morgan fingerprint density at radius 3 is 2.26 bits per heavy atom. The monoisotopic (exact) mass is 390 g/mol. The smallest absolute Gasteiger partial charge is 0.273 e. The van der Waals surface area contributed by atoms with Crippen LogP contribution in [0.15, 0.2) is 53.5 Å². The van der Waals surface area contributed by atoms with Gasteiger partial charge in [0.15, 0.2) is 0 Å². The number of ketones is 1. The molecule has 0 aliphatic rings. The van der Waals surface area contributed by atoms with Gasteiger partial charge in [-0.3, -0.25) is 9.59 Å². The molecule has 1 atom stereocenters. The van der Waals surface area contributed by atoms with Crippen LogP contribution in [0.1, 0.15) is 17.5 Å². The third-order valence-corrected chi connectivity index (χ3v) is 4.24. The molecule has 0 radical (unpaired) electrons. The quantitative estimate of drug-likeness (QED) is 0.535. The molecular weight excluding hydrogens is 371 g/mol. The molecule has 2 rings (SSSR count). The van der Waals surface area contributed by atoms with Gasteiger partial charge in [0.1, 0.15) is 24.0 Å². The lowest BCUT2D eigenvalue weighted by Crippen LogP contribution is -2.30. The second kappa shape index (κ2) is 9.94. The van der Waals surface area contributed by atoms with Gasteiger partial charge in [-0.05, 0) is 41.8 Å². The average Bonchev–Trinajstić information content (AvgIpc) is 2.64. The van der Waals surface area contributed by atoms with E-state index in [1.807, 2.05) is 0 Å². The van der Waals surface area contributed by atoms with E-state index in [1.165, 1.54) is 12.1 Å². The van der Waals surface area contributed by atoms with Crippen molar-refractivity contribution in [2.75, 3.05) is 6.61 Å². The van der Waals surface area contributed by atoms with E-state index in [0.29, 0.717) is 17.0 Å². The summed E-state index contributed by atoms with van der Waals surface area (Å²) in [5, 5.41) is 9.44. The Hall–Kier alpha value is -2.57. The number of amidine groups is 1. The number of carbonyl (C=O) groups is 2. The molecule has 0 fully saturated rings. The van der Waals surface area contributed by atoms with Crippen LogP contribution >= 0.6 is 11.6 Å². The van der Waals surface area contributed by atoms with E-state index in [-0.39, 0.29) is 30.3 Å². The average molecular weight is 391 g/mol. The number of hydrogen-bond acceptors (Lipinski definition) is 3. The van der Waals surface area contributed by atoms with Crippen molar-refractivity contribution < 1.29 is 19.1 Å². The van der Waals surface area contributed by atoms with E-state index in [4.69, 9.17) is 22.4 Å². The van der Waals surface area contributed by atoms with Gasteiger partial charge in [0.25, 0.3) is 5.91 Å². The second-order valence-corrected chi connectivity index (χ2v) is 6.60. The standard InChI is InChI=1S/C20H20ClFN2O3/c21-16-5-1-13(2-6-16)9-15(20(23)24-19(27)12-25)11-18(26)10-14-3-7-17(22)8-4-14/h1-8,15,25H,9-12H2,(H2,23,24,27)/t15-/m1/s1. The van der Waals surface area contributed by atoms with Crippen molar-refractivity contribution in [3.63, 3.8) is 0 Å². The van der Waals surface area contributed by atoms with Crippen LogP contribution < -0.4 is 5.73 Å². The summed E-state index contributed by atoms with van der Waals surface area (Å²) in [5.41, 5.74) is 7.50. The number of amides is 1. The molecule has 0 saturated carbocycles. The number of benzene rings is 2. The van der Waals surface area contributed by atoms with E-state index < -0.39 is 18.4 Å². The molecule has 0 saturated heterocycles. The topological polar surface area (TPSA) is 92.8 Å². The summed E-state index contributed by atoms with van der Waals surface area (Å²) in [6, 6.07) is 12.7. The largest absolute Gasteiger partial charge is 0.387 e. The third-order valence-electron chi connectivity index (χ3n) is 3.99. The fourth-order valence-corrected chi connectivity index (χ4v) is 2.76. The zero-order chi connectivity index (χ0) is 19.8. The summed E-state index contributed by atoms with van der Waals surface area (Å²) in [5.74, 6) is -1.76. The lowest BCUT2D eigenvalue weighted by Gasteiger charge is -2.16. The summed E-state index contributed by atoms with van der Waals surface area (Å²) in [6.45, 7) is -0.752. The molecule has 0 unspecified atom stereocenters. The van der Waals surface area contributed by atoms with Crippen LogP contribution in [0, 0.1) is 11.7 Å². The molecule has 5 nitrogen and oxygen atoms in total. The highest BCUT2D eigenvalue weighted by Gasteiger charge is 2.20. The molecule has 1 amide bonds. The summed E-state index contributed by atoms with van der Waals surface area (Å²) in [6.07, 6.45) is 0.576. The Balaban J connectivity index is 2.13. The second-order valence-electron chi connectivity index (χ2n) is 6.16. The van der Waals surface area contributed by atoms with E-state index in [1.54, 1.807) is 36.4 Å². The first-order valence-corrected chi connectivity index (χ1v) is 8.73. The van der Waals surface area contributed by atoms with E-state index in [0.717, 1.165) is 5.56 Å². The molecule has 0 spiro atoms. The predicted octanol–water partition coefficient (Wildman–Crippen LogP) is 2.72. The van der Waals surface area contributed by atoms with Gasteiger partial charge in [-0.15, -0.1) is 0 Å². The summed E-state index contributed by atoms with van der Waals surface area (Å²) < 4.78 is 13.0. The number of rotatable bonds is 8. The van der Waals surface area contributed by atoms with Gasteiger partial charge in [0.2, 0.25) is 0 Å². The first kappa shape index (κ1) is 20.7. The van der Waals surface area contributed by atoms with Gasteiger partial charge in [-0.25, -0.2) is 4.39 Å². The van der Waals surface area contributed by atoms with Crippen LogP contribution in [0.5, 0.6) is 0 Å². The molecule has 0 heterocycles. The molecule has 7 heteroatoms. The molecule has 0 aliphatic carbocycles. The van der Waals surface area contributed by atoms with Crippen molar-refractivity contribution in [1.82, 2.24) is 0 Å². The Morgan fingerprint density at radius 2 is 1.67 bits per heavy atom. The van der Waals surface area contributed by atoms with E-state index in [9.17, 15) is 14.0 Å². The number of nitrogens with two attached hydrogens (primary N) is 1. The first-order chi connectivity index (χ1) is 12.9. The van der Waals surface area contributed by atoms with Gasteiger partial charge < -0.3 is 10.8 Å². The van der Waals surface area contributed by atoms with Crippen molar-refractivity contribution in [1.29, 1.82) is 0 Å². The number of nitrogens with zero attached hydrogens (tertiary/aromatic N) is 1. The number of carbonyl (C=O) groups excluding carboxylic acids is 2. The molecule has 0 aliphatic heterocycles. The summed E-state index contributed by atoms with van der Waals surface area (Å²) >= 11 is 5.88. The first-order valence-electron chi connectivity index (χ1n) is 8.35. The number of aliphatic hydroxyl groups excluding tert-OH is 1. The molecule has 2 aromatic carbocycles. The van der Waals surface area contributed by atoms with Crippen LogP contribution in [0.4, 0.5) is 4.39 Å². The van der Waals surface area contributed by atoms with Crippen molar-refractivity contribution in [3.05, 3.63) is 70.5 Å². The molecule has 0 aromatic heterocycles. The number of aliphatic hydroxyl groups is 1. The lowest BCUT2D eigenvalue weighted by atomic mass is 9.91. The molecule has 0 bridgehead atoms. The molecular formula is C20H20ClFN2O3. The van der Waals surface area contributed by atoms with Gasteiger partial charge in [-0.2, -0.15) is 4.99 Å². The Morgan fingerprint density at radius 1 is 1.07 bits per heavy atom. The Kier molecular flexibility index (Phi) is 7.64. The molecule has 2 aromatic rings. The summed E-state index contributed by atoms with van der Waals surface area (Å²) in [7, 11) is 0. The highest BCUT2D eigenvalue weighted by molar-refractivity contribution is 6.30.